The first kappa shape index (κ1) is 18.7. The minimum atomic E-state index is -3.80. The molecule has 0 aromatic heterocycles. The van der Waals surface area contributed by atoms with E-state index in [9.17, 15) is 13.2 Å². The summed E-state index contributed by atoms with van der Waals surface area (Å²) in [6.07, 6.45) is 0. The lowest BCUT2D eigenvalue weighted by Gasteiger charge is -2.10. The minimum Gasteiger partial charge on any atom is -0.325 e. The first-order valence-electron chi connectivity index (χ1n) is 7.01. The maximum atomic E-state index is 12.2. The van der Waals surface area contributed by atoms with E-state index in [2.05, 4.69) is 10.0 Å². The number of aryl methyl sites for hydroxylation is 2. The van der Waals surface area contributed by atoms with E-state index in [1.165, 1.54) is 18.2 Å². The van der Waals surface area contributed by atoms with Crippen LogP contribution in [0, 0.1) is 13.8 Å². The number of halogens is 2. The van der Waals surface area contributed by atoms with Gasteiger partial charge in [-0.2, -0.15) is 0 Å². The van der Waals surface area contributed by atoms with Gasteiger partial charge in [0.15, 0.2) is 0 Å². The minimum absolute atomic E-state index is 0.0520. The van der Waals surface area contributed by atoms with Gasteiger partial charge in [0.25, 0.3) is 0 Å². The molecule has 0 saturated heterocycles. The molecular weight excluding hydrogens is 371 g/mol. The highest BCUT2D eigenvalue weighted by Crippen LogP contribution is 2.21. The van der Waals surface area contributed by atoms with E-state index in [1.807, 2.05) is 6.92 Å². The maximum Gasteiger partial charge on any atom is 0.241 e. The zero-order valence-corrected chi connectivity index (χ0v) is 15.4. The fraction of sp³-hybridized carbons (Fsp3) is 0.188. The summed E-state index contributed by atoms with van der Waals surface area (Å²) in [6.45, 7) is 3.12. The molecule has 8 heteroatoms. The number of nitrogens with one attached hydrogen (secondary N) is 2. The molecule has 2 rings (SSSR count). The summed E-state index contributed by atoms with van der Waals surface area (Å²) in [5.41, 5.74) is 2.00. The molecule has 2 aromatic carbocycles. The number of carbonyl (C=O) groups excluding carboxylic acids is 1. The van der Waals surface area contributed by atoms with Gasteiger partial charge < -0.3 is 5.32 Å². The summed E-state index contributed by atoms with van der Waals surface area (Å²) in [4.78, 5) is 12.0. The second kappa shape index (κ2) is 7.53. The van der Waals surface area contributed by atoms with Crippen molar-refractivity contribution >= 4 is 44.8 Å². The van der Waals surface area contributed by atoms with Crippen LogP contribution in [0.2, 0.25) is 10.0 Å². The van der Waals surface area contributed by atoms with E-state index in [4.69, 9.17) is 23.2 Å². The Morgan fingerprint density at radius 3 is 2.42 bits per heavy atom. The van der Waals surface area contributed by atoms with Gasteiger partial charge in [-0.05, 0) is 55.3 Å². The van der Waals surface area contributed by atoms with E-state index < -0.39 is 22.5 Å². The van der Waals surface area contributed by atoms with Crippen LogP contribution in [0.15, 0.2) is 41.3 Å². The number of hydrogen-bond acceptors (Lipinski definition) is 3. The molecule has 0 unspecified atom stereocenters. The second-order valence-corrected chi connectivity index (χ2v) is 7.85. The van der Waals surface area contributed by atoms with Gasteiger partial charge in [0.2, 0.25) is 15.9 Å². The van der Waals surface area contributed by atoms with Crippen molar-refractivity contribution in [2.45, 2.75) is 18.7 Å². The normalized spacial score (nSPS) is 11.3. The Morgan fingerprint density at radius 1 is 1.04 bits per heavy atom. The Labute approximate surface area is 151 Å². The first-order chi connectivity index (χ1) is 11.2. The molecular formula is C16H16Cl2N2O3S. The van der Waals surface area contributed by atoms with Crippen molar-refractivity contribution < 1.29 is 13.2 Å². The van der Waals surface area contributed by atoms with E-state index >= 15 is 0 Å². The van der Waals surface area contributed by atoms with Crippen LogP contribution in [-0.2, 0) is 14.8 Å². The largest absolute Gasteiger partial charge is 0.325 e. The van der Waals surface area contributed by atoms with Crippen LogP contribution < -0.4 is 10.0 Å². The topological polar surface area (TPSA) is 75.3 Å². The lowest BCUT2D eigenvalue weighted by molar-refractivity contribution is -0.115. The molecule has 2 N–H and O–H groups in total. The van der Waals surface area contributed by atoms with E-state index in [-0.39, 0.29) is 4.90 Å². The predicted molar refractivity (Wildman–Crippen MR) is 96.2 cm³/mol. The third kappa shape index (κ3) is 4.70. The van der Waals surface area contributed by atoms with Crippen molar-refractivity contribution in [2.24, 2.45) is 0 Å². The van der Waals surface area contributed by atoms with Crippen LogP contribution in [0.4, 0.5) is 5.69 Å². The Morgan fingerprint density at radius 2 is 1.75 bits per heavy atom. The zero-order valence-electron chi connectivity index (χ0n) is 13.1. The van der Waals surface area contributed by atoms with Crippen molar-refractivity contribution in [3.63, 3.8) is 0 Å². The standard InChI is InChI=1S/C16H16Cl2N2O3S/c1-10-3-4-12(17)8-15(10)20-16(21)9-19-24(22,23)13-5-6-14(18)11(2)7-13/h3-8,19H,9H2,1-2H3,(H,20,21). The molecule has 24 heavy (non-hydrogen) atoms. The van der Waals surface area contributed by atoms with Crippen LogP contribution in [0.1, 0.15) is 11.1 Å². The molecule has 0 atom stereocenters. The molecule has 128 valence electrons. The zero-order chi connectivity index (χ0) is 17.9. The second-order valence-electron chi connectivity index (χ2n) is 5.24. The van der Waals surface area contributed by atoms with Gasteiger partial charge in [0, 0.05) is 15.7 Å². The SMILES string of the molecule is Cc1cc(S(=O)(=O)NCC(=O)Nc2cc(Cl)ccc2C)ccc1Cl. The summed E-state index contributed by atoms with van der Waals surface area (Å²) < 4.78 is 26.7. The lowest BCUT2D eigenvalue weighted by atomic mass is 10.2. The highest BCUT2D eigenvalue weighted by Gasteiger charge is 2.16. The summed E-state index contributed by atoms with van der Waals surface area (Å²) in [7, 11) is -3.80. The Kier molecular flexibility index (Phi) is 5.87. The van der Waals surface area contributed by atoms with Crippen molar-refractivity contribution in [1.82, 2.24) is 4.72 Å². The van der Waals surface area contributed by atoms with Crippen LogP contribution >= 0.6 is 23.2 Å². The summed E-state index contributed by atoms with van der Waals surface area (Å²) in [6, 6.07) is 9.41. The smallest absolute Gasteiger partial charge is 0.241 e. The van der Waals surface area contributed by atoms with Gasteiger partial charge in [-0.1, -0.05) is 29.3 Å². The van der Waals surface area contributed by atoms with Crippen molar-refractivity contribution in [2.75, 3.05) is 11.9 Å². The van der Waals surface area contributed by atoms with Crippen LogP contribution in [-0.4, -0.2) is 20.9 Å². The molecule has 0 aliphatic heterocycles. The van der Waals surface area contributed by atoms with Gasteiger partial charge in [0.1, 0.15) is 0 Å². The van der Waals surface area contributed by atoms with Gasteiger partial charge >= 0.3 is 0 Å². The molecule has 0 bridgehead atoms. The van der Waals surface area contributed by atoms with Crippen molar-refractivity contribution in [3.05, 3.63) is 57.6 Å². The molecule has 0 radical (unpaired) electrons. The summed E-state index contributed by atoms with van der Waals surface area (Å²) >= 11 is 11.8. The Bertz CT molecular complexity index is 883. The van der Waals surface area contributed by atoms with Gasteiger partial charge in [-0.3, -0.25) is 4.79 Å². The number of carbonyl (C=O) groups is 1. The predicted octanol–water partition coefficient (Wildman–Crippen LogP) is 3.53. The Balaban J connectivity index is 2.04. The van der Waals surface area contributed by atoms with Crippen LogP contribution in [0.25, 0.3) is 0 Å². The van der Waals surface area contributed by atoms with Crippen LogP contribution in [0.5, 0.6) is 0 Å². The number of amides is 1. The number of benzene rings is 2. The van der Waals surface area contributed by atoms with E-state index in [0.29, 0.717) is 21.3 Å². The van der Waals surface area contributed by atoms with E-state index in [0.717, 1.165) is 5.56 Å². The molecule has 0 heterocycles. The first-order valence-corrected chi connectivity index (χ1v) is 9.25. The van der Waals surface area contributed by atoms with Crippen molar-refractivity contribution in [3.8, 4) is 0 Å². The molecule has 0 aliphatic carbocycles. The fourth-order valence-electron chi connectivity index (χ4n) is 1.95. The molecule has 5 nitrogen and oxygen atoms in total. The third-order valence-electron chi connectivity index (χ3n) is 3.34. The molecule has 0 saturated carbocycles. The molecule has 0 fully saturated rings. The summed E-state index contributed by atoms with van der Waals surface area (Å²) in [5.74, 6) is -0.491. The average molecular weight is 387 g/mol. The molecule has 2 aromatic rings. The van der Waals surface area contributed by atoms with Crippen molar-refractivity contribution in [1.29, 1.82) is 0 Å². The van der Waals surface area contributed by atoms with Gasteiger partial charge in [-0.15, -0.1) is 0 Å². The highest BCUT2D eigenvalue weighted by molar-refractivity contribution is 7.89. The highest BCUT2D eigenvalue weighted by atomic mass is 35.5. The monoisotopic (exact) mass is 386 g/mol. The molecule has 0 spiro atoms. The fourth-order valence-corrected chi connectivity index (χ4v) is 3.31. The summed E-state index contributed by atoms with van der Waals surface area (Å²) in [5, 5.41) is 3.58. The van der Waals surface area contributed by atoms with Gasteiger partial charge in [0.05, 0.1) is 11.4 Å². The molecule has 1 amide bonds. The number of rotatable bonds is 5. The maximum absolute atomic E-state index is 12.2. The van der Waals surface area contributed by atoms with Crippen LogP contribution in [0.3, 0.4) is 0 Å². The van der Waals surface area contributed by atoms with E-state index in [1.54, 1.807) is 25.1 Å². The average Bonchev–Trinajstić information content (AvgIpc) is 2.51. The number of sulfonamides is 1. The number of anilines is 1. The Hall–Kier alpha value is -1.60. The molecule has 0 aliphatic rings. The third-order valence-corrected chi connectivity index (χ3v) is 5.39. The number of hydrogen-bond donors (Lipinski definition) is 2. The lowest BCUT2D eigenvalue weighted by Crippen LogP contribution is -2.33. The quantitative estimate of drug-likeness (QED) is 0.824. The van der Waals surface area contributed by atoms with Gasteiger partial charge in [-0.25, -0.2) is 13.1 Å².